The summed E-state index contributed by atoms with van der Waals surface area (Å²) in [5, 5.41) is 2.72. The third-order valence-electron chi connectivity index (χ3n) is 12.7. The van der Waals surface area contributed by atoms with Crippen LogP contribution in [0.3, 0.4) is 0 Å². The molecule has 312 valence electrons. The highest BCUT2D eigenvalue weighted by Gasteiger charge is 2.43. The van der Waals surface area contributed by atoms with Gasteiger partial charge >= 0.3 is 12.1 Å². The summed E-state index contributed by atoms with van der Waals surface area (Å²) >= 11 is 0. The number of amides is 3. The van der Waals surface area contributed by atoms with Gasteiger partial charge in [0, 0.05) is 54.5 Å². The number of hydrogen-bond donors (Lipinski definition) is 2. The van der Waals surface area contributed by atoms with Crippen molar-refractivity contribution in [3.05, 3.63) is 108 Å². The smallest absolute Gasteiger partial charge is 0.407 e. The minimum absolute atomic E-state index is 0.0589. The van der Waals surface area contributed by atoms with E-state index in [0.717, 1.165) is 92.2 Å². The standard InChI is InChI=1S/C48H49N7O6/c1-27(2)43(53-48(59)61-4)47(58)54-20-6-9-40(54)39-22-35(26-50-39)28-10-12-29(13-11-28)36-18-17-34(25-49-36)31-16-19-37-38(21-31)52-45(51-37)41-23-32-8-5-7-30-14-15-33(24-42(56)60-3)46(57)55(41)44(30)32/h5,7-8,10-13,16-19,21,25-27,33,40-41,43H,6,9,14-15,20,22-24H2,1-4H3,(H,51,52)(H,53,59)/t33-,40+,41+,43+/m1/s1. The molecule has 2 N–H and O–H groups in total. The van der Waals surface area contributed by atoms with Crippen molar-refractivity contribution in [3.8, 4) is 22.4 Å². The molecule has 1 saturated heterocycles. The van der Waals surface area contributed by atoms with E-state index < -0.39 is 18.1 Å². The lowest BCUT2D eigenvalue weighted by molar-refractivity contribution is -0.144. The number of imidazole rings is 1. The SMILES string of the molecule is COC(=O)C[C@H]1CCc2cccc3c2N(C1=O)[C@H](c1nc2ccc(-c4ccc(-c5ccc(C6=CN=C([C@@H]7CCCN7C(=O)[C@@H](NC(=O)OC)C(C)C)C6)cc5)nc4)cc2[nH]1)C3. The zero-order chi connectivity index (χ0) is 42.4. The van der Waals surface area contributed by atoms with Gasteiger partial charge in [-0.1, -0.05) is 68.4 Å². The fourth-order valence-electron chi connectivity index (χ4n) is 9.42. The number of hydrogen-bond acceptors (Lipinski definition) is 9. The highest BCUT2D eigenvalue weighted by Crippen LogP contribution is 2.46. The fraction of sp³-hybridized carbons (Fsp3) is 0.354. The number of carbonyl (C=O) groups is 4. The molecule has 6 heterocycles. The van der Waals surface area contributed by atoms with Gasteiger partial charge in [0.1, 0.15) is 11.9 Å². The molecule has 13 heteroatoms. The van der Waals surface area contributed by atoms with Crippen molar-refractivity contribution in [1.82, 2.24) is 25.2 Å². The lowest BCUT2D eigenvalue weighted by Crippen LogP contribution is -2.53. The summed E-state index contributed by atoms with van der Waals surface area (Å²) in [5.41, 5.74) is 11.8. The van der Waals surface area contributed by atoms with Crippen molar-refractivity contribution in [2.45, 2.75) is 76.9 Å². The molecule has 3 amide bonds. The first-order chi connectivity index (χ1) is 29.6. The van der Waals surface area contributed by atoms with Crippen LogP contribution in [0.2, 0.25) is 0 Å². The minimum atomic E-state index is -0.666. The average Bonchev–Trinajstić information content (AvgIpc) is 4.10. The summed E-state index contributed by atoms with van der Waals surface area (Å²) in [6, 6.07) is 23.7. The number of aromatic amines is 1. The molecule has 61 heavy (non-hydrogen) atoms. The van der Waals surface area contributed by atoms with E-state index in [1.165, 1.54) is 14.2 Å². The quantitative estimate of drug-likeness (QED) is 0.136. The van der Waals surface area contributed by atoms with Crippen LogP contribution >= 0.6 is 0 Å². The van der Waals surface area contributed by atoms with E-state index in [4.69, 9.17) is 24.4 Å². The Balaban J connectivity index is 0.868. The first-order valence-electron chi connectivity index (χ1n) is 21.1. The Morgan fingerprint density at radius 1 is 0.902 bits per heavy atom. The van der Waals surface area contributed by atoms with Gasteiger partial charge in [-0.15, -0.1) is 0 Å². The van der Waals surface area contributed by atoms with Gasteiger partial charge in [0.05, 0.1) is 55.1 Å². The molecule has 0 bridgehead atoms. The highest BCUT2D eigenvalue weighted by molar-refractivity contribution is 6.04. The summed E-state index contributed by atoms with van der Waals surface area (Å²) in [5.74, 6) is -0.372. The van der Waals surface area contributed by atoms with E-state index in [0.29, 0.717) is 25.8 Å². The molecule has 5 aromatic rings. The number of pyridine rings is 1. The zero-order valence-electron chi connectivity index (χ0n) is 34.8. The van der Waals surface area contributed by atoms with Gasteiger partial charge in [-0.05, 0) is 77.6 Å². The molecule has 4 aliphatic rings. The van der Waals surface area contributed by atoms with Crippen molar-refractivity contribution in [2.75, 3.05) is 25.7 Å². The number of aliphatic imine (C=N–C) groups is 1. The van der Waals surface area contributed by atoms with Crippen LogP contribution in [0.5, 0.6) is 0 Å². The summed E-state index contributed by atoms with van der Waals surface area (Å²) in [4.78, 5) is 73.8. The number of likely N-dealkylation sites (tertiary alicyclic amines) is 1. The summed E-state index contributed by atoms with van der Waals surface area (Å²) in [6.45, 7) is 4.46. The number of rotatable bonds is 10. The maximum Gasteiger partial charge on any atom is 0.407 e. The second-order valence-electron chi connectivity index (χ2n) is 16.7. The number of anilines is 1. The highest BCUT2D eigenvalue weighted by atomic mass is 16.5. The molecule has 0 unspecified atom stereocenters. The Hall–Kier alpha value is -6.63. The number of fused-ring (bicyclic) bond motifs is 1. The number of benzene rings is 3. The number of aromatic nitrogens is 3. The average molecular weight is 820 g/mol. The Morgan fingerprint density at radius 2 is 1.67 bits per heavy atom. The van der Waals surface area contributed by atoms with Crippen molar-refractivity contribution in [2.24, 2.45) is 16.8 Å². The van der Waals surface area contributed by atoms with Crippen LogP contribution in [-0.2, 0) is 36.7 Å². The van der Waals surface area contributed by atoms with Crippen LogP contribution in [0.4, 0.5) is 10.5 Å². The van der Waals surface area contributed by atoms with E-state index in [1.807, 2.05) is 60.3 Å². The number of nitrogens with zero attached hydrogens (tertiary/aromatic N) is 5. The van der Waals surface area contributed by atoms with E-state index >= 15 is 0 Å². The number of carbonyl (C=O) groups excluding carboxylic acids is 4. The van der Waals surface area contributed by atoms with Crippen LogP contribution in [0.1, 0.15) is 74.5 Å². The normalized spacial score (nSPS) is 20.0. The molecule has 3 aromatic carbocycles. The molecule has 13 nitrogen and oxygen atoms in total. The molecular weight excluding hydrogens is 771 g/mol. The number of ether oxygens (including phenoxy) is 2. The molecule has 4 atom stereocenters. The zero-order valence-corrected chi connectivity index (χ0v) is 34.8. The van der Waals surface area contributed by atoms with Gasteiger partial charge in [0.2, 0.25) is 11.8 Å². The van der Waals surface area contributed by atoms with Gasteiger partial charge in [-0.2, -0.15) is 0 Å². The van der Waals surface area contributed by atoms with Crippen molar-refractivity contribution in [1.29, 1.82) is 0 Å². The molecular formula is C48H49N7O6. The molecule has 4 aliphatic heterocycles. The molecule has 0 spiro atoms. The number of allylic oxidation sites excluding steroid dienone is 1. The van der Waals surface area contributed by atoms with Crippen LogP contribution in [0.15, 0.2) is 90.2 Å². The van der Waals surface area contributed by atoms with Crippen LogP contribution in [-0.4, -0.2) is 82.3 Å². The summed E-state index contributed by atoms with van der Waals surface area (Å²) in [7, 11) is 2.66. The second-order valence-corrected chi connectivity index (χ2v) is 16.7. The predicted octanol–water partition coefficient (Wildman–Crippen LogP) is 7.61. The number of nitrogens with one attached hydrogen (secondary N) is 2. The number of esters is 1. The largest absolute Gasteiger partial charge is 0.469 e. The van der Waals surface area contributed by atoms with Crippen molar-refractivity contribution in [3.63, 3.8) is 0 Å². The Labute approximate surface area is 354 Å². The first kappa shape index (κ1) is 39.8. The van der Waals surface area contributed by atoms with Crippen molar-refractivity contribution >= 4 is 51.9 Å². The Kier molecular flexibility index (Phi) is 10.7. The number of alkyl carbamates (subject to hydrolysis) is 1. The van der Waals surface area contributed by atoms with Crippen LogP contribution in [0.25, 0.3) is 39.0 Å². The van der Waals surface area contributed by atoms with Gasteiger partial charge in [0.15, 0.2) is 0 Å². The maximum absolute atomic E-state index is 14.1. The van der Waals surface area contributed by atoms with E-state index in [1.54, 1.807) is 0 Å². The van der Waals surface area contributed by atoms with E-state index in [2.05, 4.69) is 58.8 Å². The number of methoxy groups -OCH3 is 2. The lowest BCUT2D eigenvalue weighted by atomic mass is 9.95. The van der Waals surface area contributed by atoms with Gasteiger partial charge in [-0.3, -0.25) is 24.4 Å². The van der Waals surface area contributed by atoms with E-state index in [-0.39, 0.29) is 42.2 Å². The summed E-state index contributed by atoms with van der Waals surface area (Å²) < 4.78 is 9.71. The number of para-hydroxylation sites is 1. The predicted molar refractivity (Wildman–Crippen MR) is 233 cm³/mol. The Bertz CT molecular complexity index is 2600. The number of aryl methyl sites for hydroxylation is 1. The molecule has 9 rings (SSSR count). The topological polar surface area (TPSA) is 159 Å². The monoisotopic (exact) mass is 819 g/mol. The minimum Gasteiger partial charge on any atom is -0.469 e. The Morgan fingerprint density at radius 3 is 2.43 bits per heavy atom. The van der Waals surface area contributed by atoms with Gasteiger partial charge in [0.25, 0.3) is 0 Å². The molecule has 1 fully saturated rings. The third kappa shape index (κ3) is 7.57. The summed E-state index contributed by atoms with van der Waals surface area (Å²) in [6.07, 6.45) is 7.57. The van der Waals surface area contributed by atoms with Gasteiger partial charge < -0.3 is 29.6 Å². The number of H-pyrrole nitrogens is 1. The second kappa shape index (κ2) is 16.4. The third-order valence-corrected chi connectivity index (χ3v) is 12.7. The fourth-order valence-corrected chi connectivity index (χ4v) is 9.42. The maximum atomic E-state index is 14.1. The first-order valence-corrected chi connectivity index (χ1v) is 21.1. The van der Waals surface area contributed by atoms with Gasteiger partial charge in [-0.25, -0.2) is 9.78 Å². The lowest BCUT2D eigenvalue weighted by Gasteiger charge is -2.31. The molecule has 2 aromatic heterocycles. The molecule has 0 aliphatic carbocycles. The van der Waals surface area contributed by atoms with Crippen LogP contribution < -0.4 is 10.2 Å². The van der Waals surface area contributed by atoms with Crippen LogP contribution in [0, 0.1) is 11.8 Å². The van der Waals surface area contributed by atoms with Crippen molar-refractivity contribution < 1.29 is 28.7 Å². The molecule has 0 radical (unpaired) electrons. The molecule has 0 saturated carbocycles. The van der Waals surface area contributed by atoms with E-state index in [9.17, 15) is 19.2 Å².